The van der Waals surface area contributed by atoms with Crippen molar-refractivity contribution < 1.29 is 14.0 Å². The molecule has 126 valence electrons. The Morgan fingerprint density at radius 3 is 2.92 bits per heavy atom. The van der Waals surface area contributed by atoms with E-state index >= 15 is 0 Å². The molecule has 5 nitrogen and oxygen atoms in total. The van der Waals surface area contributed by atoms with Crippen molar-refractivity contribution in [1.29, 1.82) is 0 Å². The molecule has 24 heavy (non-hydrogen) atoms. The molecule has 0 radical (unpaired) electrons. The summed E-state index contributed by atoms with van der Waals surface area (Å²) in [5, 5.41) is 2.87. The SMILES string of the molecule is CC[C@H](C)NC(=O)c1ccc(CN2C(=O)CSc3ccccc32)o1. The second kappa shape index (κ2) is 7.13. The van der Waals surface area contributed by atoms with Gasteiger partial charge in [0.2, 0.25) is 5.91 Å². The van der Waals surface area contributed by atoms with Crippen molar-refractivity contribution >= 4 is 29.3 Å². The van der Waals surface area contributed by atoms with E-state index in [9.17, 15) is 9.59 Å². The van der Waals surface area contributed by atoms with Gasteiger partial charge in [0.25, 0.3) is 5.91 Å². The van der Waals surface area contributed by atoms with Gasteiger partial charge in [0, 0.05) is 10.9 Å². The quantitative estimate of drug-likeness (QED) is 0.902. The highest BCUT2D eigenvalue weighted by Gasteiger charge is 2.25. The van der Waals surface area contributed by atoms with Crippen LogP contribution in [-0.4, -0.2) is 23.6 Å². The largest absolute Gasteiger partial charge is 0.454 e. The standard InChI is InChI=1S/C18H20N2O3S/c1-3-12(2)19-18(22)15-9-8-13(23-15)10-20-14-6-4-5-7-16(14)24-11-17(20)21/h4-9,12H,3,10-11H2,1-2H3,(H,19,22)/t12-/m0/s1. The Kier molecular flexibility index (Phi) is 4.94. The van der Waals surface area contributed by atoms with Crippen LogP contribution in [0.3, 0.4) is 0 Å². The fourth-order valence-electron chi connectivity index (χ4n) is 2.47. The Balaban J connectivity index is 1.75. The summed E-state index contributed by atoms with van der Waals surface area (Å²) in [5.74, 6) is 1.10. The summed E-state index contributed by atoms with van der Waals surface area (Å²) in [5.41, 5.74) is 0.890. The lowest BCUT2D eigenvalue weighted by Crippen LogP contribution is -2.34. The van der Waals surface area contributed by atoms with Crippen molar-refractivity contribution in [3.05, 3.63) is 47.9 Å². The highest BCUT2D eigenvalue weighted by Crippen LogP contribution is 2.35. The van der Waals surface area contributed by atoms with Gasteiger partial charge in [-0.15, -0.1) is 11.8 Å². The van der Waals surface area contributed by atoms with Gasteiger partial charge in [-0.2, -0.15) is 0 Å². The minimum atomic E-state index is -0.225. The number of benzene rings is 1. The zero-order valence-corrected chi connectivity index (χ0v) is 14.6. The van der Waals surface area contributed by atoms with Crippen LogP contribution in [0.25, 0.3) is 0 Å². The zero-order valence-electron chi connectivity index (χ0n) is 13.7. The maximum absolute atomic E-state index is 12.3. The van der Waals surface area contributed by atoms with Gasteiger partial charge >= 0.3 is 0 Å². The smallest absolute Gasteiger partial charge is 0.287 e. The van der Waals surface area contributed by atoms with Crippen LogP contribution in [0.1, 0.15) is 36.6 Å². The Labute approximate surface area is 145 Å². The summed E-state index contributed by atoms with van der Waals surface area (Å²) >= 11 is 1.54. The Hall–Kier alpha value is -2.21. The molecule has 0 unspecified atom stereocenters. The molecule has 0 saturated heterocycles. The van der Waals surface area contributed by atoms with Gasteiger partial charge in [0.1, 0.15) is 5.76 Å². The van der Waals surface area contributed by atoms with Gasteiger partial charge in [-0.3, -0.25) is 9.59 Å². The third-order valence-corrected chi connectivity index (χ3v) is 5.05. The lowest BCUT2D eigenvalue weighted by atomic mass is 10.2. The van der Waals surface area contributed by atoms with Crippen LogP contribution in [0.15, 0.2) is 45.7 Å². The van der Waals surface area contributed by atoms with Crippen molar-refractivity contribution in [3.8, 4) is 0 Å². The van der Waals surface area contributed by atoms with Gasteiger partial charge in [0.05, 0.1) is 18.0 Å². The van der Waals surface area contributed by atoms with Gasteiger partial charge < -0.3 is 14.6 Å². The summed E-state index contributed by atoms with van der Waals surface area (Å²) < 4.78 is 5.64. The topological polar surface area (TPSA) is 62.6 Å². The van der Waals surface area contributed by atoms with E-state index in [1.165, 1.54) is 0 Å². The van der Waals surface area contributed by atoms with E-state index in [4.69, 9.17) is 4.42 Å². The molecular weight excluding hydrogens is 324 g/mol. The number of amides is 2. The number of hydrogen-bond donors (Lipinski definition) is 1. The highest BCUT2D eigenvalue weighted by atomic mass is 32.2. The molecule has 1 N–H and O–H groups in total. The summed E-state index contributed by atoms with van der Waals surface area (Å²) in [7, 11) is 0. The Morgan fingerprint density at radius 1 is 1.33 bits per heavy atom. The third kappa shape index (κ3) is 3.48. The van der Waals surface area contributed by atoms with Crippen molar-refractivity contribution in [2.75, 3.05) is 10.7 Å². The molecule has 2 heterocycles. The van der Waals surface area contributed by atoms with Crippen molar-refractivity contribution in [2.45, 2.75) is 37.8 Å². The Bertz CT molecular complexity index is 756. The molecule has 1 aliphatic rings. The molecule has 0 spiro atoms. The average molecular weight is 344 g/mol. The molecule has 3 rings (SSSR count). The van der Waals surface area contributed by atoms with E-state index in [-0.39, 0.29) is 23.6 Å². The highest BCUT2D eigenvalue weighted by molar-refractivity contribution is 8.00. The normalized spacial score (nSPS) is 15.1. The number of anilines is 1. The molecular formula is C18H20N2O3S. The van der Waals surface area contributed by atoms with Crippen molar-refractivity contribution in [1.82, 2.24) is 5.32 Å². The van der Waals surface area contributed by atoms with Crippen LogP contribution >= 0.6 is 11.8 Å². The van der Waals surface area contributed by atoms with Gasteiger partial charge in [-0.05, 0) is 37.6 Å². The minimum Gasteiger partial charge on any atom is -0.454 e. The van der Waals surface area contributed by atoms with Crippen LogP contribution in [0.4, 0.5) is 5.69 Å². The van der Waals surface area contributed by atoms with Gasteiger partial charge in [-0.25, -0.2) is 0 Å². The molecule has 1 aromatic carbocycles. The minimum absolute atomic E-state index is 0.0423. The molecule has 2 amide bonds. The predicted octanol–water partition coefficient (Wildman–Crippen LogP) is 3.45. The number of rotatable bonds is 5. The first kappa shape index (κ1) is 16.6. The maximum atomic E-state index is 12.3. The number of nitrogens with zero attached hydrogens (tertiary/aromatic N) is 1. The maximum Gasteiger partial charge on any atom is 0.287 e. The Morgan fingerprint density at radius 2 is 2.12 bits per heavy atom. The molecule has 0 aliphatic carbocycles. The van der Waals surface area contributed by atoms with Crippen molar-refractivity contribution in [3.63, 3.8) is 0 Å². The first-order valence-electron chi connectivity index (χ1n) is 8.00. The summed E-state index contributed by atoms with van der Waals surface area (Å²) in [6.45, 7) is 4.28. The molecule has 2 aromatic rings. The second-order valence-electron chi connectivity index (χ2n) is 5.79. The predicted molar refractivity (Wildman–Crippen MR) is 94.3 cm³/mol. The first-order chi connectivity index (χ1) is 11.6. The van der Waals surface area contributed by atoms with E-state index in [2.05, 4.69) is 5.32 Å². The summed E-state index contributed by atoms with van der Waals surface area (Å²) in [4.78, 5) is 27.2. The number of para-hydroxylation sites is 1. The average Bonchev–Trinajstić information content (AvgIpc) is 3.06. The molecule has 0 saturated carbocycles. The van der Waals surface area contributed by atoms with E-state index in [0.717, 1.165) is 17.0 Å². The number of carbonyl (C=O) groups is 2. The summed E-state index contributed by atoms with van der Waals surface area (Å²) in [6, 6.07) is 11.3. The van der Waals surface area contributed by atoms with Crippen molar-refractivity contribution in [2.24, 2.45) is 0 Å². The van der Waals surface area contributed by atoms with Crippen LogP contribution in [0, 0.1) is 0 Å². The third-order valence-electron chi connectivity index (χ3n) is 4.00. The molecule has 1 aliphatic heterocycles. The number of fused-ring (bicyclic) bond motifs is 1. The fraction of sp³-hybridized carbons (Fsp3) is 0.333. The fourth-order valence-corrected chi connectivity index (χ4v) is 3.40. The molecule has 0 fully saturated rings. The van der Waals surface area contributed by atoms with E-state index < -0.39 is 0 Å². The molecule has 6 heteroatoms. The summed E-state index contributed by atoms with van der Waals surface area (Å²) in [6.07, 6.45) is 0.857. The van der Waals surface area contributed by atoms with E-state index in [1.807, 2.05) is 38.1 Å². The van der Waals surface area contributed by atoms with Crippen LogP contribution in [0.5, 0.6) is 0 Å². The number of furan rings is 1. The van der Waals surface area contributed by atoms with E-state index in [0.29, 0.717) is 18.1 Å². The lowest BCUT2D eigenvalue weighted by molar-refractivity contribution is -0.116. The number of nitrogens with one attached hydrogen (secondary N) is 1. The molecule has 1 aromatic heterocycles. The first-order valence-corrected chi connectivity index (χ1v) is 8.98. The number of carbonyl (C=O) groups excluding carboxylic acids is 2. The second-order valence-corrected chi connectivity index (χ2v) is 6.80. The van der Waals surface area contributed by atoms with Gasteiger partial charge in [0.15, 0.2) is 5.76 Å². The van der Waals surface area contributed by atoms with Crippen LogP contribution < -0.4 is 10.2 Å². The zero-order chi connectivity index (χ0) is 17.1. The van der Waals surface area contributed by atoms with Crippen LogP contribution in [-0.2, 0) is 11.3 Å². The monoisotopic (exact) mass is 344 g/mol. The molecule has 1 atom stereocenters. The number of thioether (sulfide) groups is 1. The number of hydrogen-bond acceptors (Lipinski definition) is 4. The lowest BCUT2D eigenvalue weighted by Gasteiger charge is -2.28. The van der Waals surface area contributed by atoms with E-state index in [1.54, 1.807) is 28.8 Å². The van der Waals surface area contributed by atoms with Crippen LogP contribution in [0.2, 0.25) is 0 Å². The van der Waals surface area contributed by atoms with Gasteiger partial charge in [-0.1, -0.05) is 19.1 Å². The molecule has 0 bridgehead atoms.